The molecule has 6 nitrogen and oxygen atoms in total. The highest BCUT2D eigenvalue weighted by atomic mass is 35.5. The lowest BCUT2D eigenvalue weighted by molar-refractivity contribution is -0.122. The van der Waals surface area contributed by atoms with Crippen molar-refractivity contribution in [1.29, 1.82) is 0 Å². The van der Waals surface area contributed by atoms with E-state index in [9.17, 15) is 17.6 Å². The maximum absolute atomic E-state index is 13.5. The van der Waals surface area contributed by atoms with Gasteiger partial charge in [0.15, 0.2) is 5.78 Å². The Morgan fingerprint density at radius 1 is 1.21 bits per heavy atom. The molecular formula is C24H27ClFN3O3S. The summed E-state index contributed by atoms with van der Waals surface area (Å²) >= 11 is 5.84. The summed E-state index contributed by atoms with van der Waals surface area (Å²) in [7, 11) is -0.371. The number of nitrogens with one attached hydrogen (secondary N) is 1. The van der Waals surface area contributed by atoms with E-state index >= 15 is 0 Å². The number of carbonyl (C=O) groups excluding carboxylic acids is 1. The Bertz CT molecular complexity index is 1200. The van der Waals surface area contributed by atoms with Crippen LogP contribution >= 0.6 is 11.6 Å². The summed E-state index contributed by atoms with van der Waals surface area (Å²) in [6.45, 7) is 1.85. The molecule has 0 spiro atoms. The van der Waals surface area contributed by atoms with Gasteiger partial charge in [-0.2, -0.15) is 17.4 Å². The quantitative estimate of drug-likeness (QED) is 0.694. The molecule has 1 saturated heterocycles. The molecule has 0 saturated carbocycles. The van der Waals surface area contributed by atoms with Crippen molar-refractivity contribution in [2.45, 2.75) is 31.3 Å². The lowest BCUT2D eigenvalue weighted by Crippen LogP contribution is -2.55. The van der Waals surface area contributed by atoms with Gasteiger partial charge in [-0.05, 0) is 60.4 Å². The van der Waals surface area contributed by atoms with Crippen molar-refractivity contribution in [3.8, 4) is 0 Å². The molecule has 2 aliphatic rings. The summed E-state index contributed by atoms with van der Waals surface area (Å²) in [4.78, 5) is 15.3. The van der Waals surface area contributed by atoms with Gasteiger partial charge in [0, 0.05) is 32.6 Å². The number of ketones is 1. The number of rotatable bonds is 5. The maximum Gasteiger partial charge on any atom is 0.280 e. The summed E-state index contributed by atoms with van der Waals surface area (Å²) in [6, 6.07) is 10.6. The minimum Gasteiger partial charge on any atom is -0.302 e. The van der Waals surface area contributed by atoms with Crippen molar-refractivity contribution in [2.24, 2.45) is 0 Å². The standard InChI is InChI=1S/C24H27ClFN3O3S/c1-28-10-8-17(9-11-28)18-4-3-5-19(14-18)22-15-23(29(2)33(31,32)27-22)24(30)13-16-6-7-21(26)20(25)12-16/h3-8,12,14,22-23,27H,9-11,13,15H2,1-2H3. The zero-order chi connectivity index (χ0) is 23.8. The van der Waals surface area contributed by atoms with E-state index < -0.39 is 28.1 Å². The van der Waals surface area contributed by atoms with Crippen molar-refractivity contribution in [3.05, 3.63) is 76.1 Å². The summed E-state index contributed by atoms with van der Waals surface area (Å²) < 4.78 is 42.9. The number of nitrogens with zero attached hydrogens (tertiary/aromatic N) is 2. The molecule has 33 heavy (non-hydrogen) atoms. The van der Waals surface area contributed by atoms with E-state index in [0.717, 1.165) is 34.9 Å². The fourth-order valence-corrected chi connectivity index (χ4v) is 5.85. The van der Waals surface area contributed by atoms with Crippen LogP contribution in [0, 0.1) is 5.82 Å². The van der Waals surface area contributed by atoms with Crippen LogP contribution in [0.15, 0.2) is 48.5 Å². The second-order valence-electron chi connectivity index (χ2n) is 8.70. The first-order chi connectivity index (χ1) is 15.6. The number of halogens is 2. The monoisotopic (exact) mass is 491 g/mol. The average Bonchev–Trinajstić information content (AvgIpc) is 2.78. The third-order valence-corrected chi connectivity index (χ3v) is 8.26. The van der Waals surface area contributed by atoms with Crippen molar-refractivity contribution < 1.29 is 17.6 Å². The molecule has 0 bridgehead atoms. The van der Waals surface area contributed by atoms with Crippen LogP contribution in [0.25, 0.3) is 5.57 Å². The third kappa shape index (κ3) is 5.36. The number of likely N-dealkylation sites (N-methyl/N-ethyl adjacent to an activating group) is 2. The summed E-state index contributed by atoms with van der Waals surface area (Å²) in [5, 5.41) is -0.0653. The van der Waals surface area contributed by atoms with Crippen molar-refractivity contribution >= 4 is 33.2 Å². The Hall–Kier alpha value is -2.10. The first-order valence-electron chi connectivity index (χ1n) is 10.8. The van der Waals surface area contributed by atoms with Crippen molar-refractivity contribution in [3.63, 3.8) is 0 Å². The van der Waals surface area contributed by atoms with Gasteiger partial charge in [0.25, 0.3) is 10.2 Å². The van der Waals surface area contributed by atoms with Gasteiger partial charge in [-0.15, -0.1) is 0 Å². The SMILES string of the molecule is CN1CC=C(c2cccc(C3CC(C(=O)Cc4ccc(F)c(Cl)c4)N(C)S(=O)(=O)N3)c2)CC1. The van der Waals surface area contributed by atoms with E-state index in [1.807, 2.05) is 24.3 Å². The number of hydrogen-bond acceptors (Lipinski definition) is 4. The molecule has 1 fully saturated rings. The number of carbonyl (C=O) groups is 1. The predicted molar refractivity (Wildman–Crippen MR) is 128 cm³/mol. The van der Waals surface area contributed by atoms with Gasteiger partial charge in [0.05, 0.1) is 11.1 Å². The Morgan fingerprint density at radius 3 is 2.70 bits per heavy atom. The normalized spacial score (nSPS) is 23.8. The topological polar surface area (TPSA) is 69.7 Å². The lowest BCUT2D eigenvalue weighted by Gasteiger charge is -2.36. The maximum atomic E-state index is 13.5. The molecule has 0 amide bonds. The molecule has 2 aliphatic heterocycles. The van der Waals surface area contributed by atoms with Crippen LogP contribution in [0.4, 0.5) is 4.39 Å². The minimum absolute atomic E-state index is 0.0301. The first kappa shape index (κ1) is 24.0. The first-order valence-corrected chi connectivity index (χ1v) is 12.7. The van der Waals surface area contributed by atoms with E-state index in [2.05, 4.69) is 22.7 Å². The fourth-order valence-electron chi connectivity index (χ4n) is 4.35. The van der Waals surface area contributed by atoms with E-state index in [4.69, 9.17) is 11.6 Å². The molecule has 2 atom stereocenters. The number of benzene rings is 2. The van der Waals surface area contributed by atoms with Crippen LogP contribution < -0.4 is 4.72 Å². The molecule has 176 valence electrons. The fraction of sp³-hybridized carbons (Fsp3) is 0.375. The van der Waals surface area contributed by atoms with Gasteiger partial charge in [-0.25, -0.2) is 4.39 Å². The number of hydrogen-bond donors (Lipinski definition) is 1. The molecule has 9 heteroatoms. The Kier molecular flexibility index (Phi) is 7.02. The van der Waals surface area contributed by atoms with E-state index in [-0.39, 0.29) is 17.2 Å². The minimum atomic E-state index is -3.85. The molecule has 2 aromatic rings. The highest BCUT2D eigenvalue weighted by molar-refractivity contribution is 7.87. The Labute approximate surface area is 199 Å². The van der Waals surface area contributed by atoms with Crippen LogP contribution in [0.2, 0.25) is 5.02 Å². The van der Waals surface area contributed by atoms with Gasteiger partial charge in [-0.3, -0.25) is 4.79 Å². The lowest BCUT2D eigenvalue weighted by atomic mass is 9.92. The molecule has 2 unspecified atom stereocenters. The molecule has 0 radical (unpaired) electrons. The number of Topliss-reactive ketones (excluding diaryl/α,β-unsaturated/α-hetero) is 1. The Balaban J connectivity index is 1.57. The average molecular weight is 492 g/mol. The van der Waals surface area contributed by atoms with Crippen LogP contribution in [0.3, 0.4) is 0 Å². The van der Waals surface area contributed by atoms with Gasteiger partial charge >= 0.3 is 0 Å². The predicted octanol–water partition coefficient (Wildman–Crippen LogP) is 3.59. The van der Waals surface area contributed by atoms with Gasteiger partial charge < -0.3 is 4.90 Å². The van der Waals surface area contributed by atoms with Crippen molar-refractivity contribution in [2.75, 3.05) is 27.2 Å². The smallest absolute Gasteiger partial charge is 0.280 e. The highest BCUT2D eigenvalue weighted by Crippen LogP contribution is 2.31. The highest BCUT2D eigenvalue weighted by Gasteiger charge is 2.40. The van der Waals surface area contributed by atoms with Gasteiger partial charge in [0.1, 0.15) is 5.82 Å². The zero-order valence-corrected chi connectivity index (χ0v) is 20.2. The van der Waals surface area contributed by atoms with E-state index in [1.54, 1.807) is 0 Å². The molecule has 1 N–H and O–H groups in total. The summed E-state index contributed by atoms with van der Waals surface area (Å²) in [5.41, 5.74) is 3.68. The molecule has 2 aromatic carbocycles. The molecule has 0 aromatic heterocycles. The summed E-state index contributed by atoms with van der Waals surface area (Å²) in [5.74, 6) is -0.821. The summed E-state index contributed by atoms with van der Waals surface area (Å²) in [6.07, 6.45) is 3.40. The molecule has 4 rings (SSSR count). The van der Waals surface area contributed by atoms with Crippen molar-refractivity contribution in [1.82, 2.24) is 13.9 Å². The molecule has 2 heterocycles. The molecular weight excluding hydrogens is 465 g/mol. The van der Waals surface area contributed by atoms with Gasteiger partial charge in [-0.1, -0.05) is 41.9 Å². The van der Waals surface area contributed by atoms with Crippen LogP contribution in [0.1, 0.15) is 35.6 Å². The van der Waals surface area contributed by atoms with Crippen LogP contribution in [0.5, 0.6) is 0 Å². The van der Waals surface area contributed by atoms with Crippen LogP contribution in [-0.4, -0.2) is 56.6 Å². The van der Waals surface area contributed by atoms with E-state index in [0.29, 0.717) is 12.0 Å². The largest absolute Gasteiger partial charge is 0.302 e. The van der Waals surface area contributed by atoms with Crippen LogP contribution in [-0.2, 0) is 21.4 Å². The Morgan fingerprint density at radius 2 is 2.00 bits per heavy atom. The van der Waals surface area contributed by atoms with Gasteiger partial charge in [0.2, 0.25) is 0 Å². The third-order valence-electron chi connectivity index (χ3n) is 6.37. The van der Waals surface area contributed by atoms with E-state index in [1.165, 1.54) is 30.8 Å². The zero-order valence-electron chi connectivity index (χ0n) is 18.6. The second kappa shape index (κ2) is 9.64. The molecule has 0 aliphatic carbocycles. The second-order valence-corrected chi connectivity index (χ2v) is 10.9.